The third-order valence-corrected chi connectivity index (χ3v) is 1.42. The molecule has 0 aromatic rings. The summed E-state index contributed by atoms with van der Waals surface area (Å²) in [6, 6.07) is 0. The molecule has 0 amide bonds. The summed E-state index contributed by atoms with van der Waals surface area (Å²) < 4.78 is 0. The number of aldehydes is 1. The number of hydrogen-bond donors (Lipinski definition) is 5. The van der Waals surface area contributed by atoms with Crippen LogP contribution in [0.5, 0.6) is 0 Å². The maximum atomic E-state index is 9.90. The molecule has 0 bridgehead atoms. The maximum absolute atomic E-state index is 9.90. The van der Waals surface area contributed by atoms with Crippen molar-refractivity contribution in [2.45, 2.75) is 45.2 Å². The number of hydrogen-bond acceptors (Lipinski definition) is 6. The van der Waals surface area contributed by atoms with Gasteiger partial charge >= 0.3 is 0 Å². The van der Waals surface area contributed by atoms with Gasteiger partial charge in [0.25, 0.3) is 0 Å². The number of aliphatic hydroxyl groups is 5. The highest BCUT2D eigenvalue weighted by Crippen LogP contribution is 2.02. The summed E-state index contributed by atoms with van der Waals surface area (Å²) >= 11 is 0. The molecule has 0 heterocycles. The SMILES string of the molecule is CC(C)C.O=C[C@H](O)[C@@H](O)[C@H](O)[C@H](O)CO. The lowest BCUT2D eigenvalue weighted by atomic mass is 10.0. The molecule has 98 valence electrons. The molecule has 0 aliphatic carbocycles. The van der Waals surface area contributed by atoms with Crippen LogP contribution in [0.4, 0.5) is 0 Å². The first-order chi connectivity index (χ1) is 7.27. The Labute approximate surface area is 95.2 Å². The van der Waals surface area contributed by atoms with E-state index in [0.29, 0.717) is 0 Å². The van der Waals surface area contributed by atoms with Gasteiger partial charge in [0.2, 0.25) is 0 Å². The summed E-state index contributed by atoms with van der Waals surface area (Å²) in [6.45, 7) is 5.74. The molecule has 5 N–H and O–H groups in total. The van der Waals surface area contributed by atoms with Crippen LogP contribution in [0.3, 0.4) is 0 Å². The summed E-state index contributed by atoms with van der Waals surface area (Å²) in [6.07, 6.45) is -6.84. The van der Waals surface area contributed by atoms with Gasteiger partial charge in [-0.3, -0.25) is 0 Å². The Morgan fingerprint density at radius 1 is 1.00 bits per heavy atom. The van der Waals surface area contributed by atoms with Crippen molar-refractivity contribution >= 4 is 6.29 Å². The van der Waals surface area contributed by atoms with Gasteiger partial charge in [-0.25, -0.2) is 0 Å². The van der Waals surface area contributed by atoms with Crippen LogP contribution in [0.25, 0.3) is 0 Å². The summed E-state index contributed by atoms with van der Waals surface area (Å²) in [5, 5.41) is 43.5. The van der Waals surface area contributed by atoms with E-state index in [9.17, 15) is 4.79 Å². The normalized spacial score (nSPS) is 18.1. The van der Waals surface area contributed by atoms with Crippen molar-refractivity contribution in [3.8, 4) is 0 Å². The van der Waals surface area contributed by atoms with Gasteiger partial charge in [-0.05, 0) is 5.92 Å². The summed E-state index contributed by atoms with van der Waals surface area (Å²) in [7, 11) is 0. The van der Waals surface area contributed by atoms with Crippen LogP contribution in [-0.2, 0) is 4.79 Å². The lowest BCUT2D eigenvalue weighted by Crippen LogP contribution is -2.46. The molecule has 0 radical (unpaired) electrons. The maximum Gasteiger partial charge on any atom is 0.151 e. The van der Waals surface area contributed by atoms with Crippen LogP contribution < -0.4 is 0 Å². The Morgan fingerprint density at radius 3 is 1.62 bits per heavy atom. The molecular weight excluding hydrogens is 216 g/mol. The van der Waals surface area contributed by atoms with Gasteiger partial charge in [0.15, 0.2) is 6.29 Å². The molecule has 0 saturated carbocycles. The average molecular weight is 238 g/mol. The molecule has 4 atom stereocenters. The standard InChI is InChI=1S/C6H12O6.C4H10/c7-1-3(9)5(11)6(12)4(10)2-8;1-4(2)3/h1,3-6,8-12H,2H2;4H,1-3H3/t3-,4+,5+,6+;/m0./s1. The third kappa shape index (κ3) is 8.75. The summed E-state index contributed by atoms with van der Waals surface area (Å²) in [5.41, 5.74) is 0. The van der Waals surface area contributed by atoms with Gasteiger partial charge in [0.1, 0.15) is 24.4 Å². The first-order valence-corrected chi connectivity index (χ1v) is 5.06. The minimum Gasteiger partial charge on any atom is -0.394 e. The van der Waals surface area contributed by atoms with Crippen LogP contribution in [0.1, 0.15) is 20.8 Å². The lowest BCUT2D eigenvalue weighted by molar-refractivity contribution is -0.136. The number of aliphatic hydroxyl groups excluding tert-OH is 5. The smallest absolute Gasteiger partial charge is 0.151 e. The zero-order valence-corrected chi connectivity index (χ0v) is 9.82. The molecule has 0 aliphatic heterocycles. The van der Waals surface area contributed by atoms with Crippen molar-refractivity contribution in [2.75, 3.05) is 6.61 Å². The molecule has 6 nitrogen and oxygen atoms in total. The van der Waals surface area contributed by atoms with Gasteiger partial charge in [-0.1, -0.05) is 20.8 Å². The van der Waals surface area contributed by atoms with Crippen molar-refractivity contribution in [1.29, 1.82) is 0 Å². The molecule has 6 heteroatoms. The predicted octanol–water partition coefficient (Wildman–Crippen LogP) is -1.72. The van der Waals surface area contributed by atoms with Gasteiger partial charge in [-0.15, -0.1) is 0 Å². The molecule has 0 aliphatic rings. The fourth-order valence-corrected chi connectivity index (χ4v) is 0.618. The molecular formula is C10H22O6. The second kappa shape index (κ2) is 9.68. The van der Waals surface area contributed by atoms with Crippen LogP contribution in [0.15, 0.2) is 0 Å². The molecule has 0 aromatic heterocycles. The largest absolute Gasteiger partial charge is 0.394 e. The van der Waals surface area contributed by atoms with E-state index >= 15 is 0 Å². The molecule has 0 fully saturated rings. The first-order valence-electron chi connectivity index (χ1n) is 5.06. The van der Waals surface area contributed by atoms with Gasteiger partial charge in [0.05, 0.1) is 6.61 Å². The van der Waals surface area contributed by atoms with Crippen LogP contribution >= 0.6 is 0 Å². The fraction of sp³-hybridized carbons (Fsp3) is 0.900. The Balaban J connectivity index is 0. The monoisotopic (exact) mass is 238 g/mol. The van der Waals surface area contributed by atoms with Gasteiger partial charge < -0.3 is 30.3 Å². The van der Waals surface area contributed by atoms with Gasteiger partial charge in [-0.2, -0.15) is 0 Å². The molecule has 0 saturated heterocycles. The van der Waals surface area contributed by atoms with Crippen molar-refractivity contribution in [3.05, 3.63) is 0 Å². The zero-order valence-electron chi connectivity index (χ0n) is 9.82. The zero-order chi connectivity index (χ0) is 13.3. The Hall–Kier alpha value is -0.530. The molecule has 16 heavy (non-hydrogen) atoms. The number of rotatable bonds is 5. The van der Waals surface area contributed by atoms with E-state index in [0.717, 1.165) is 5.92 Å². The second-order valence-electron chi connectivity index (χ2n) is 4.09. The highest BCUT2D eigenvalue weighted by molar-refractivity contribution is 5.56. The summed E-state index contributed by atoms with van der Waals surface area (Å²) in [5.74, 6) is 0.833. The van der Waals surface area contributed by atoms with Crippen LogP contribution in [0.2, 0.25) is 0 Å². The number of carbonyl (C=O) groups is 1. The molecule has 0 rings (SSSR count). The highest BCUT2D eigenvalue weighted by atomic mass is 16.4. The topological polar surface area (TPSA) is 118 Å². The number of carbonyl (C=O) groups excluding carboxylic acids is 1. The van der Waals surface area contributed by atoms with Crippen molar-refractivity contribution in [1.82, 2.24) is 0 Å². The van der Waals surface area contributed by atoms with E-state index in [2.05, 4.69) is 20.8 Å². The Morgan fingerprint density at radius 2 is 1.38 bits per heavy atom. The third-order valence-electron chi connectivity index (χ3n) is 1.42. The molecule has 0 unspecified atom stereocenters. The minimum absolute atomic E-state index is 0.0258. The second-order valence-corrected chi connectivity index (χ2v) is 4.09. The molecule has 0 spiro atoms. The summed E-state index contributed by atoms with van der Waals surface area (Å²) in [4.78, 5) is 9.90. The lowest BCUT2D eigenvalue weighted by Gasteiger charge is -2.22. The van der Waals surface area contributed by atoms with Crippen molar-refractivity contribution in [3.63, 3.8) is 0 Å². The Bertz CT molecular complexity index is 170. The van der Waals surface area contributed by atoms with E-state index in [1.165, 1.54) is 0 Å². The average Bonchev–Trinajstić information content (AvgIpc) is 2.24. The van der Waals surface area contributed by atoms with Crippen LogP contribution in [0, 0.1) is 5.92 Å². The van der Waals surface area contributed by atoms with Crippen molar-refractivity contribution < 1.29 is 30.3 Å². The highest BCUT2D eigenvalue weighted by Gasteiger charge is 2.29. The van der Waals surface area contributed by atoms with Gasteiger partial charge in [0, 0.05) is 0 Å². The van der Waals surface area contributed by atoms with Crippen LogP contribution in [-0.4, -0.2) is 62.8 Å². The van der Waals surface area contributed by atoms with E-state index in [4.69, 9.17) is 25.5 Å². The first kappa shape index (κ1) is 17.9. The molecule has 0 aromatic carbocycles. The van der Waals surface area contributed by atoms with E-state index in [1.807, 2.05) is 0 Å². The minimum atomic E-state index is -1.79. The van der Waals surface area contributed by atoms with E-state index in [1.54, 1.807) is 0 Å². The van der Waals surface area contributed by atoms with Crippen molar-refractivity contribution in [2.24, 2.45) is 5.92 Å². The van der Waals surface area contributed by atoms with E-state index < -0.39 is 31.0 Å². The predicted molar refractivity (Wildman–Crippen MR) is 57.7 cm³/mol. The Kier molecular flexibility index (Phi) is 10.8. The fourth-order valence-electron chi connectivity index (χ4n) is 0.618. The van der Waals surface area contributed by atoms with E-state index in [-0.39, 0.29) is 6.29 Å². The quantitative estimate of drug-likeness (QED) is 0.364.